The first-order chi connectivity index (χ1) is 9.34. The first-order valence-electron chi connectivity index (χ1n) is 6.84. The fourth-order valence-electron chi connectivity index (χ4n) is 2.47. The molecule has 0 aromatic carbocycles. The molecule has 2 nitrogen and oxygen atoms in total. The van der Waals surface area contributed by atoms with Gasteiger partial charge in [0.2, 0.25) is 0 Å². The third-order valence-electron chi connectivity index (χ3n) is 3.52. The second kappa shape index (κ2) is 5.74. The van der Waals surface area contributed by atoms with E-state index in [4.69, 9.17) is 10.7 Å². The summed E-state index contributed by atoms with van der Waals surface area (Å²) in [4.78, 5) is 0.232. The average Bonchev–Trinajstić information content (AvgIpc) is 2.56. The van der Waals surface area contributed by atoms with Crippen LogP contribution in [0.3, 0.4) is 0 Å². The molecular formula is C16H19ClO2S. The molecule has 0 unspecified atom stereocenters. The van der Waals surface area contributed by atoms with Crippen LogP contribution in [0.2, 0.25) is 0 Å². The second-order valence-corrected chi connectivity index (χ2v) is 7.91. The zero-order valence-electron chi connectivity index (χ0n) is 12.0. The first-order valence-corrected chi connectivity index (χ1v) is 9.15. The van der Waals surface area contributed by atoms with Crippen LogP contribution in [0.4, 0.5) is 0 Å². The summed E-state index contributed by atoms with van der Waals surface area (Å²) in [6, 6.07) is 9.68. The Morgan fingerprint density at radius 3 is 2.40 bits per heavy atom. The average molecular weight is 311 g/mol. The van der Waals surface area contributed by atoms with E-state index in [2.05, 4.69) is 20.8 Å². The van der Waals surface area contributed by atoms with Gasteiger partial charge in [-0.2, -0.15) is 0 Å². The number of aryl methyl sites for hydroxylation is 1. The summed E-state index contributed by atoms with van der Waals surface area (Å²) in [6.45, 7) is 6.26. The second-order valence-electron chi connectivity index (χ2n) is 5.37. The Hall–Kier alpha value is -1.06. The molecular weight excluding hydrogens is 292 g/mol. The molecule has 108 valence electrons. The van der Waals surface area contributed by atoms with Crippen molar-refractivity contribution in [3.8, 4) is 11.1 Å². The molecule has 0 saturated carbocycles. The lowest BCUT2D eigenvalue weighted by Gasteiger charge is -2.04. The van der Waals surface area contributed by atoms with Crippen LogP contribution in [0, 0.1) is 0 Å². The van der Waals surface area contributed by atoms with Crippen molar-refractivity contribution < 1.29 is 8.42 Å². The highest BCUT2D eigenvalue weighted by molar-refractivity contribution is 8.13. The van der Waals surface area contributed by atoms with Crippen molar-refractivity contribution in [2.45, 2.75) is 44.4 Å². The number of hydrogen-bond acceptors (Lipinski definition) is 2. The van der Waals surface area contributed by atoms with Crippen LogP contribution in [-0.2, 0) is 15.5 Å². The normalized spacial score (nSPS) is 12.2. The number of rotatable bonds is 4. The SMILES string of the molecule is CCCc1cc(S(=O)(=O)Cl)c2cc(C(C)C)cccc1-2. The predicted molar refractivity (Wildman–Crippen MR) is 84.2 cm³/mol. The van der Waals surface area contributed by atoms with Gasteiger partial charge in [-0.25, -0.2) is 8.42 Å². The Morgan fingerprint density at radius 2 is 1.85 bits per heavy atom. The number of fused-ring (bicyclic) bond motifs is 1. The standard InChI is InChI=1S/C16H19ClO2S/c1-4-6-13-10-16(20(17,18)19)15-9-12(11(2)3)7-5-8-14(13)15/h5,7-11H,4,6H2,1-3H3. The van der Waals surface area contributed by atoms with Crippen LogP contribution in [0.1, 0.15) is 44.2 Å². The van der Waals surface area contributed by atoms with Crippen molar-refractivity contribution in [2.24, 2.45) is 0 Å². The third kappa shape index (κ3) is 2.99. The van der Waals surface area contributed by atoms with E-state index in [1.54, 1.807) is 6.07 Å². The van der Waals surface area contributed by atoms with Gasteiger partial charge in [-0.3, -0.25) is 0 Å². The predicted octanol–water partition coefficient (Wildman–Crippen LogP) is 4.79. The van der Waals surface area contributed by atoms with Gasteiger partial charge in [-0.15, -0.1) is 0 Å². The molecule has 0 aromatic heterocycles. The van der Waals surface area contributed by atoms with Crippen LogP contribution in [0.15, 0.2) is 35.2 Å². The molecule has 0 fully saturated rings. The lowest BCUT2D eigenvalue weighted by molar-refractivity contribution is 0.610. The van der Waals surface area contributed by atoms with E-state index in [0.29, 0.717) is 5.92 Å². The van der Waals surface area contributed by atoms with Gasteiger partial charge in [-0.1, -0.05) is 45.4 Å². The third-order valence-corrected chi connectivity index (χ3v) is 4.88. The smallest absolute Gasteiger partial charge is 0.207 e. The lowest BCUT2D eigenvalue weighted by atomic mass is 10.0. The number of halogens is 1. The molecule has 2 aliphatic rings. The minimum absolute atomic E-state index is 0.232. The highest BCUT2D eigenvalue weighted by Crippen LogP contribution is 2.38. The molecule has 0 saturated heterocycles. The van der Waals surface area contributed by atoms with Crippen LogP contribution < -0.4 is 0 Å². The Kier molecular flexibility index (Phi) is 4.40. The van der Waals surface area contributed by atoms with Crippen molar-refractivity contribution in [1.82, 2.24) is 0 Å². The van der Waals surface area contributed by atoms with Crippen LogP contribution in [-0.4, -0.2) is 8.42 Å². The fraction of sp³-hybridized carbons (Fsp3) is 0.375. The van der Waals surface area contributed by atoms with Crippen molar-refractivity contribution in [3.63, 3.8) is 0 Å². The summed E-state index contributed by atoms with van der Waals surface area (Å²) in [5, 5.41) is 0. The van der Waals surface area contributed by atoms with Gasteiger partial charge in [0.15, 0.2) is 0 Å². The van der Waals surface area contributed by atoms with E-state index in [1.165, 1.54) is 0 Å². The van der Waals surface area contributed by atoms with E-state index in [0.717, 1.165) is 35.1 Å². The zero-order chi connectivity index (χ0) is 14.9. The Labute approximate surface area is 125 Å². The summed E-state index contributed by atoms with van der Waals surface area (Å²) in [6.07, 6.45) is 1.82. The topological polar surface area (TPSA) is 34.1 Å². The maximum Gasteiger partial charge on any atom is 0.261 e. The molecule has 20 heavy (non-hydrogen) atoms. The summed E-state index contributed by atoms with van der Waals surface area (Å²) < 4.78 is 23.6. The quantitative estimate of drug-likeness (QED) is 0.760. The largest absolute Gasteiger partial charge is 0.261 e. The summed E-state index contributed by atoms with van der Waals surface area (Å²) in [5.41, 5.74) is 3.87. The molecule has 0 aromatic rings. The molecule has 0 amide bonds. The van der Waals surface area contributed by atoms with Gasteiger partial charge in [0.1, 0.15) is 0 Å². The fourth-order valence-corrected chi connectivity index (χ4v) is 3.57. The van der Waals surface area contributed by atoms with Gasteiger partial charge in [0.05, 0.1) is 4.90 Å². The minimum Gasteiger partial charge on any atom is -0.207 e. The van der Waals surface area contributed by atoms with Gasteiger partial charge in [0, 0.05) is 16.2 Å². The van der Waals surface area contributed by atoms with E-state index in [9.17, 15) is 8.42 Å². The van der Waals surface area contributed by atoms with Crippen molar-refractivity contribution in [1.29, 1.82) is 0 Å². The van der Waals surface area contributed by atoms with Crippen LogP contribution >= 0.6 is 10.7 Å². The minimum atomic E-state index is -3.73. The Balaban J connectivity index is 2.76. The van der Waals surface area contributed by atoms with E-state index in [1.807, 2.05) is 24.3 Å². The Morgan fingerprint density at radius 1 is 1.15 bits per heavy atom. The lowest BCUT2D eigenvalue weighted by Crippen LogP contribution is -1.90. The number of hydrogen-bond donors (Lipinski definition) is 0. The molecule has 0 N–H and O–H groups in total. The van der Waals surface area contributed by atoms with E-state index < -0.39 is 9.05 Å². The molecule has 4 heteroatoms. The molecule has 2 aliphatic carbocycles. The highest BCUT2D eigenvalue weighted by atomic mass is 35.7. The molecule has 2 rings (SSSR count). The Bertz CT molecular complexity index is 690. The van der Waals surface area contributed by atoms with Crippen molar-refractivity contribution in [2.75, 3.05) is 0 Å². The monoisotopic (exact) mass is 310 g/mol. The molecule has 0 heterocycles. The van der Waals surface area contributed by atoms with E-state index >= 15 is 0 Å². The summed E-state index contributed by atoms with van der Waals surface area (Å²) >= 11 is 0. The van der Waals surface area contributed by atoms with Gasteiger partial charge in [-0.05, 0) is 41.2 Å². The van der Waals surface area contributed by atoms with Gasteiger partial charge < -0.3 is 0 Å². The molecule has 0 spiro atoms. The highest BCUT2D eigenvalue weighted by Gasteiger charge is 2.23. The molecule has 0 radical (unpaired) electrons. The van der Waals surface area contributed by atoms with E-state index in [-0.39, 0.29) is 4.90 Å². The molecule has 0 bridgehead atoms. The van der Waals surface area contributed by atoms with Crippen molar-refractivity contribution >= 4 is 19.7 Å². The van der Waals surface area contributed by atoms with Gasteiger partial charge in [0.25, 0.3) is 9.05 Å². The van der Waals surface area contributed by atoms with Crippen LogP contribution in [0.25, 0.3) is 11.1 Å². The summed E-state index contributed by atoms with van der Waals surface area (Å²) in [5.74, 6) is 0.334. The van der Waals surface area contributed by atoms with Gasteiger partial charge >= 0.3 is 0 Å². The maximum absolute atomic E-state index is 11.8. The zero-order valence-corrected chi connectivity index (χ0v) is 13.6. The first kappa shape index (κ1) is 15.3. The maximum atomic E-state index is 11.8. The summed E-state index contributed by atoms with van der Waals surface area (Å²) in [7, 11) is 1.87. The van der Waals surface area contributed by atoms with Crippen LogP contribution in [0.5, 0.6) is 0 Å². The molecule has 0 aliphatic heterocycles. The molecule has 0 atom stereocenters. The van der Waals surface area contributed by atoms with Crippen molar-refractivity contribution in [3.05, 3.63) is 41.5 Å².